The van der Waals surface area contributed by atoms with Crippen LogP contribution in [0.1, 0.15) is 33.9 Å². The van der Waals surface area contributed by atoms with Gasteiger partial charge in [0.15, 0.2) is 9.84 Å². The molecule has 3 aromatic carbocycles. The van der Waals surface area contributed by atoms with Gasteiger partial charge in [0.2, 0.25) is 0 Å². The first-order valence-electron chi connectivity index (χ1n) is 9.77. The first kappa shape index (κ1) is 20.8. The van der Waals surface area contributed by atoms with E-state index in [4.69, 9.17) is 4.74 Å². The van der Waals surface area contributed by atoms with Crippen LogP contribution in [-0.4, -0.2) is 38.4 Å². The van der Waals surface area contributed by atoms with Gasteiger partial charge in [0.25, 0.3) is 5.91 Å². The summed E-state index contributed by atoms with van der Waals surface area (Å²) in [6.45, 7) is 0. The average molecular weight is 435 g/mol. The van der Waals surface area contributed by atoms with Crippen molar-refractivity contribution >= 4 is 21.5 Å². The molecule has 1 aliphatic heterocycles. The highest BCUT2D eigenvalue weighted by molar-refractivity contribution is 7.90. The van der Waals surface area contributed by atoms with Gasteiger partial charge < -0.3 is 4.74 Å². The molecule has 0 aliphatic carbocycles. The summed E-state index contributed by atoms with van der Waals surface area (Å²) in [6.07, 6.45) is 1.71. The number of carbonyl (C=O) groups excluding carboxylic acids is 1. The second-order valence-corrected chi connectivity index (χ2v) is 9.37. The molecule has 7 heteroatoms. The van der Waals surface area contributed by atoms with Gasteiger partial charge in [0.1, 0.15) is 5.75 Å². The summed E-state index contributed by atoms with van der Waals surface area (Å²) >= 11 is 0. The maximum absolute atomic E-state index is 13.3. The minimum atomic E-state index is -3.33. The van der Waals surface area contributed by atoms with E-state index in [2.05, 4.69) is 5.10 Å². The number of amides is 1. The van der Waals surface area contributed by atoms with Crippen molar-refractivity contribution in [2.75, 3.05) is 13.4 Å². The molecule has 1 unspecified atom stereocenters. The van der Waals surface area contributed by atoms with E-state index in [0.717, 1.165) is 28.8 Å². The van der Waals surface area contributed by atoms with Crippen LogP contribution in [0.25, 0.3) is 0 Å². The Bertz CT molecular complexity index is 1220. The number of carbonyl (C=O) groups is 1. The molecule has 4 rings (SSSR count). The van der Waals surface area contributed by atoms with Gasteiger partial charge >= 0.3 is 0 Å². The molecule has 0 saturated carbocycles. The van der Waals surface area contributed by atoms with Gasteiger partial charge in [-0.1, -0.05) is 42.5 Å². The molecular weight excluding hydrogens is 412 g/mol. The smallest absolute Gasteiger partial charge is 0.274 e. The van der Waals surface area contributed by atoms with E-state index in [9.17, 15) is 13.2 Å². The average Bonchev–Trinajstić information content (AvgIpc) is 3.24. The number of sulfone groups is 1. The quantitative estimate of drug-likeness (QED) is 0.606. The fourth-order valence-electron chi connectivity index (χ4n) is 3.57. The second-order valence-electron chi connectivity index (χ2n) is 7.35. The van der Waals surface area contributed by atoms with Crippen molar-refractivity contribution in [3.63, 3.8) is 0 Å². The third-order valence-corrected chi connectivity index (χ3v) is 6.38. The summed E-state index contributed by atoms with van der Waals surface area (Å²) in [5.74, 6) is 0.451. The van der Waals surface area contributed by atoms with Crippen molar-refractivity contribution in [2.24, 2.45) is 5.10 Å². The molecule has 158 valence electrons. The number of ether oxygens (including phenoxy) is 1. The largest absolute Gasteiger partial charge is 0.497 e. The molecule has 0 fully saturated rings. The standard InChI is InChI=1S/C24H22N2O4S/c1-30-20-12-8-18(9-13-20)23-16-22(17-6-4-3-5-7-17)25-26(23)24(27)19-10-14-21(15-11-19)31(2,28)29/h3-15,23H,16H2,1-2H3. The van der Waals surface area contributed by atoms with Crippen LogP contribution in [0.4, 0.5) is 0 Å². The van der Waals surface area contributed by atoms with Gasteiger partial charge in [0.05, 0.1) is 23.8 Å². The molecule has 0 N–H and O–H groups in total. The Morgan fingerprint density at radius 3 is 2.19 bits per heavy atom. The predicted molar refractivity (Wildman–Crippen MR) is 119 cm³/mol. The Kier molecular flexibility index (Phi) is 5.61. The van der Waals surface area contributed by atoms with Gasteiger partial charge in [-0.25, -0.2) is 13.4 Å². The molecule has 3 aromatic rings. The van der Waals surface area contributed by atoms with Crippen molar-refractivity contribution in [2.45, 2.75) is 17.4 Å². The Balaban J connectivity index is 1.70. The Morgan fingerprint density at radius 1 is 0.968 bits per heavy atom. The summed E-state index contributed by atoms with van der Waals surface area (Å²) in [5.41, 5.74) is 3.10. The number of benzene rings is 3. The minimum Gasteiger partial charge on any atom is -0.497 e. The highest BCUT2D eigenvalue weighted by atomic mass is 32.2. The summed E-state index contributed by atoms with van der Waals surface area (Å²) < 4.78 is 28.7. The van der Waals surface area contributed by atoms with Crippen LogP contribution in [0, 0.1) is 0 Å². The van der Waals surface area contributed by atoms with Gasteiger partial charge in [-0.15, -0.1) is 0 Å². The SMILES string of the molecule is COc1ccc(C2CC(c3ccccc3)=NN2C(=O)c2ccc(S(C)(=O)=O)cc2)cc1. The van der Waals surface area contributed by atoms with E-state index in [-0.39, 0.29) is 16.8 Å². The Labute approximate surface area is 181 Å². The lowest BCUT2D eigenvalue weighted by Crippen LogP contribution is -2.27. The van der Waals surface area contributed by atoms with Crippen LogP contribution >= 0.6 is 0 Å². The fraction of sp³-hybridized carbons (Fsp3) is 0.167. The number of nitrogens with zero attached hydrogens (tertiary/aromatic N) is 2. The lowest BCUT2D eigenvalue weighted by Gasteiger charge is -2.22. The van der Waals surface area contributed by atoms with E-state index in [1.165, 1.54) is 29.3 Å². The number of rotatable bonds is 5. The number of methoxy groups -OCH3 is 1. The van der Waals surface area contributed by atoms with Crippen LogP contribution in [0.15, 0.2) is 88.9 Å². The molecule has 0 bridgehead atoms. The van der Waals surface area contributed by atoms with E-state index >= 15 is 0 Å². The zero-order valence-corrected chi connectivity index (χ0v) is 18.0. The van der Waals surface area contributed by atoms with Gasteiger partial charge in [-0.2, -0.15) is 5.10 Å². The molecule has 31 heavy (non-hydrogen) atoms. The van der Waals surface area contributed by atoms with Gasteiger partial charge in [-0.05, 0) is 47.5 Å². The van der Waals surface area contributed by atoms with Crippen molar-refractivity contribution < 1.29 is 17.9 Å². The number of hydrogen-bond donors (Lipinski definition) is 0. The van der Waals surface area contributed by atoms with E-state index in [1.807, 2.05) is 54.6 Å². The summed E-state index contributed by atoms with van der Waals surface area (Å²) in [6, 6.07) is 23.0. The van der Waals surface area contributed by atoms with Crippen molar-refractivity contribution in [3.8, 4) is 5.75 Å². The molecule has 1 aliphatic rings. The molecule has 1 atom stereocenters. The monoisotopic (exact) mass is 434 g/mol. The Morgan fingerprint density at radius 2 is 1.61 bits per heavy atom. The van der Waals surface area contributed by atoms with Crippen molar-refractivity contribution in [1.29, 1.82) is 0 Å². The first-order chi connectivity index (χ1) is 14.9. The lowest BCUT2D eigenvalue weighted by atomic mass is 9.98. The normalized spacial score (nSPS) is 16.1. The zero-order chi connectivity index (χ0) is 22.0. The van der Waals surface area contributed by atoms with Crippen LogP contribution in [0.2, 0.25) is 0 Å². The summed E-state index contributed by atoms with van der Waals surface area (Å²) in [5, 5.41) is 6.14. The Hall–Kier alpha value is -3.45. The molecular formula is C24H22N2O4S. The molecule has 1 amide bonds. The van der Waals surface area contributed by atoms with Crippen molar-refractivity contribution in [3.05, 3.63) is 95.6 Å². The van der Waals surface area contributed by atoms with Crippen molar-refractivity contribution in [1.82, 2.24) is 5.01 Å². The van der Waals surface area contributed by atoms with Crippen LogP contribution in [-0.2, 0) is 9.84 Å². The topological polar surface area (TPSA) is 76.0 Å². The second kappa shape index (κ2) is 8.35. The highest BCUT2D eigenvalue weighted by Crippen LogP contribution is 2.34. The van der Waals surface area contributed by atoms with E-state index in [0.29, 0.717) is 12.0 Å². The molecule has 1 heterocycles. The molecule has 0 aromatic heterocycles. The first-order valence-corrected chi connectivity index (χ1v) is 11.7. The maximum Gasteiger partial charge on any atom is 0.274 e. The van der Waals surface area contributed by atoms with E-state index < -0.39 is 9.84 Å². The molecule has 0 saturated heterocycles. The third-order valence-electron chi connectivity index (χ3n) is 5.26. The molecule has 6 nitrogen and oxygen atoms in total. The zero-order valence-electron chi connectivity index (χ0n) is 17.2. The van der Waals surface area contributed by atoms with Gasteiger partial charge in [-0.3, -0.25) is 4.79 Å². The summed E-state index contributed by atoms with van der Waals surface area (Å²) in [7, 11) is -1.73. The molecule has 0 radical (unpaired) electrons. The van der Waals surface area contributed by atoms with Crippen LogP contribution in [0.5, 0.6) is 5.75 Å². The van der Waals surface area contributed by atoms with Crippen LogP contribution in [0.3, 0.4) is 0 Å². The minimum absolute atomic E-state index is 0.172. The van der Waals surface area contributed by atoms with Gasteiger partial charge in [0, 0.05) is 18.2 Å². The molecule has 0 spiro atoms. The van der Waals surface area contributed by atoms with E-state index in [1.54, 1.807) is 7.11 Å². The highest BCUT2D eigenvalue weighted by Gasteiger charge is 2.33. The summed E-state index contributed by atoms with van der Waals surface area (Å²) in [4.78, 5) is 13.5. The lowest BCUT2D eigenvalue weighted by molar-refractivity contribution is 0.0711. The maximum atomic E-state index is 13.3. The fourth-order valence-corrected chi connectivity index (χ4v) is 4.20. The number of hydrogen-bond acceptors (Lipinski definition) is 5. The number of hydrazone groups is 1. The predicted octanol–water partition coefficient (Wildman–Crippen LogP) is 4.09. The third kappa shape index (κ3) is 4.36. The van der Waals surface area contributed by atoms with Crippen LogP contribution < -0.4 is 4.74 Å².